The van der Waals surface area contributed by atoms with E-state index in [1.54, 1.807) is 0 Å². The van der Waals surface area contributed by atoms with E-state index in [2.05, 4.69) is 33.2 Å². The highest BCUT2D eigenvalue weighted by atomic mass is 15.2. The van der Waals surface area contributed by atoms with Crippen LogP contribution in [0.3, 0.4) is 0 Å². The van der Waals surface area contributed by atoms with Gasteiger partial charge in [-0.05, 0) is 12.1 Å². The molecule has 0 unspecified atom stereocenters. The summed E-state index contributed by atoms with van der Waals surface area (Å²) in [5.74, 6) is 0. The van der Waals surface area contributed by atoms with Crippen molar-refractivity contribution in [2.24, 2.45) is 0 Å². The first-order chi connectivity index (χ1) is 8.81. The molecule has 4 nitrogen and oxygen atoms in total. The van der Waals surface area contributed by atoms with Crippen molar-refractivity contribution in [1.82, 2.24) is 15.6 Å². The van der Waals surface area contributed by atoms with Gasteiger partial charge < -0.3 is 15.5 Å². The number of hydrogen-bond donors (Lipinski definition) is 2. The Bertz CT molecular complexity index is 353. The van der Waals surface area contributed by atoms with Crippen LogP contribution in [0.4, 0.5) is 5.69 Å². The molecule has 1 fully saturated rings. The van der Waals surface area contributed by atoms with Crippen molar-refractivity contribution in [1.29, 1.82) is 0 Å². The molecule has 1 aliphatic rings. The first kappa shape index (κ1) is 14.5. The first-order valence-corrected chi connectivity index (χ1v) is 6.60. The van der Waals surface area contributed by atoms with E-state index in [4.69, 9.17) is 0 Å². The fourth-order valence-electron chi connectivity index (χ4n) is 1.80. The molecule has 0 aromatic carbocycles. The van der Waals surface area contributed by atoms with E-state index in [0.29, 0.717) is 0 Å². The third-order valence-electron chi connectivity index (χ3n) is 2.84. The summed E-state index contributed by atoms with van der Waals surface area (Å²) >= 11 is 0. The standard InChI is InChI=1S/C12H18N4.C2H6/c1-10(13-2)12-4-3-11(9-15-12)16-7-5-14-6-8-16;1-2/h3-4,9,13-14H,1,5-8H2,2H3;1-2H3. The predicted molar refractivity (Wildman–Crippen MR) is 78.8 cm³/mol. The van der Waals surface area contributed by atoms with E-state index in [1.807, 2.05) is 33.2 Å². The van der Waals surface area contributed by atoms with E-state index in [1.165, 1.54) is 5.69 Å². The number of pyridine rings is 1. The fourth-order valence-corrected chi connectivity index (χ4v) is 1.80. The van der Waals surface area contributed by atoms with Gasteiger partial charge in [-0.15, -0.1) is 0 Å². The zero-order valence-corrected chi connectivity index (χ0v) is 11.7. The zero-order chi connectivity index (χ0) is 13.4. The van der Waals surface area contributed by atoms with Crippen molar-refractivity contribution in [3.05, 3.63) is 30.6 Å². The first-order valence-electron chi connectivity index (χ1n) is 6.60. The van der Waals surface area contributed by atoms with Crippen LogP contribution in [0, 0.1) is 0 Å². The molecule has 2 heterocycles. The van der Waals surface area contributed by atoms with Crippen LogP contribution in [0.25, 0.3) is 5.70 Å². The summed E-state index contributed by atoms with van der Waals surface area (Å²) in [7, 11) is 1.86. The van der Waals surface area contributed by atoms with Crippen LogP contribution in [-0.2, 0) is 0 Å². The lowest BCUT2D eigenvalue weighted by molar-refractivity contribution is 0.588. The number of nitrogens with one attached hydrogen (secondary N) is 2. The number of rotatable bonds is 3. The summed E-state index contributed by atoms with van der Waals surface area (Å²) in [6, 6.07) is 4.12. The second kappa shape index (κ2) is 7.71. The Hall–Kier alpha value is -1.55. The van der Waals surface area contributed by atoms with Gasteiger partial charge in [0.15, 0.2) is 0 Å². The third-order valence-corrected chi connectivity index (χ3v) is 2.84. The summed E-state index contributed by atoms with van der Waals surface area (Å²) in [5.41, 5.74) is 2.95. The van der Waals surface area contributed by atoms with Gasteiger partial charge in [0.25, 0.3) is 0 Å². The van der Waals surface area contributed by atoms with Crippen LogP contribution in [0.2, 0.25) is 0 Å². The van der Waals surface area contributed by atoms with Crippen molar-refractivity contribution in [2.75, 3.05) is 38.1 Å². The van der Waals surface area contributed by atoms with Crippen LogP contribution >= 0.6 is 0 Å². The molecule has 100 valence electrons. The van der Waals surface area contributed by atoms with Crippen LogP contribution in [0.5, 0.6) is 0 Å². The largest absolute Gasteiger partial charge is 0.387 e. The fraction of sp³-hybridized carbons (Fsp3) is 0.500. The van der Waals surface area contributed by atoms with Gasteiger partial charge in [-0.25, -0.2) is 0 Å². The SMILES string of the molecule is C=C(NC)c1ccc(N2CCNCC2)cn1.CC. The molecule has 0 saturated carbocycles. The number of nitrogens with zero attached hydrogens (tertiary/aromatic N) is 2. The van der Waals surface area contributed by atoms with Gasteiger partial charge in [0.2, 0.25) is 0 Å². The van der Waals surface area contributed by atoms with E-state index in [0.717, 1.165) is 37.6 Å². The van der Waals surface area contributed by atoms with Gasteiger partial charge in [-0.3, -0.25) is 4.98 Å². The van der Waals surface area contributed by atoms with Crippen LogP contribution < -0.4 is 15.5 Å². The van der Waals surface area contributed by atoms with Gasteiger partial charge in [0.05, 0.1) is 23.3 Å². The smallest absolute Gasteiger partial charge is 0.0856 e. The summed E-state index contributed by atoms with van der Waals surface area (Å²) in [4.78, 5) is 6.74. The van der Waals surface area contributed by atoms with E-state index in [-0.39, 0.29) is 0 Å². The quantitative estimate of drug-likeness (QED) is 0.854. The van der Waals surface area contributed by atoms with Crippen molar-refractivity contribution >= 4 is 11.4 Å². The molecule has 0 bridgehead atoms. The predicted octanol–water partition coefficient (Wildman–Crippen LogP) is 1.71. The van der Waals surface area contributed by atoms with Gasteiger partial charge in [-0.1, -0.05) is 20.4 Å². The monoisotopic (exact) mass is 248 g/mol. The molecule has 0 aliphatic carbocycles. The molecule has 0 spiro atoms. The lowest BCUT2D eigenvalue weighted by atomic mass is 10.2. The molecule has 4 heteroatoms. The van der Waals surface area contributed by atoms with Crippen LogP contribution in [0.1, 0.15) is 19.5 Å². The van der Waals surface area contributed by atoms with E-state index < -0.39 is 0 Å². The molecule has 2 rings (SSSR count). The Balaban J connectivity index is 0.000000771. The normalized spacial score (nSPS) is 14.5. The van der Waals surface area contributed by atoms with Crippen LogP contribution in [-0.4, -0.2) is 38.2 Å². The zero-order valence-electron chi connectivity index (χ0n) is 11.7. The second-order valence-corrected chi connectivity index (χ2v) is 3.87. The molecule has 0 amide bonds. The van der Waals surface area contributed by atoms with Gasteiger partial charge in [0, 0.05) is 33.2 Å². The highest BCUT2D eigenvalue weighted by Gasteiger charge is 2.10. The van der Waals surface area contributed by atoms with E-state index >= 15 is 0 Å². The number of aromatic nitrogens is 1. The minimum Gasteiger partial charge on any atom is -0.387 e. The lowest BCUT2D eigenvalue weighted by Gasteiger charge is -2.29. The van der Waals surface area contributed by atoms with Crippen molar-refractivity contribution in [3.8, 4) is 0 Å². The Morgan fingerprint density at radius 3 is 2.50 bits per heavy atom. The maximum absolute atomic E-state index is 4.40. The molecule has 1 aliphatic heterocycles. The van der Waals surface area contributed by atoms with Gasteiger partial charge in [-0.2, -0.15) is 0 Å². The molecular weight excluding hydrogens is 224 g/mol. The van der Waals surface area contributed by atoms with Gasteiger partial charge >= 0.3 is 0 Å². The molecule has 18 heavy (non-hydrogen) atoms. The Morgan fingerprint density at radius 1 is 1.33 bits per heavy atom. The topological polar surface area (TPSA) is 40.2 Å². The minimum absolute atomic E-state index is 0.854. The number of hydrogen-bond acceptors (Lipinski definition) is 4. The van der Waals surface area contributed by atoms with Crippen molar-refractivity contribution in [2.45, 2.75) is 13.8 Å². The molecule has 1 saturated heterocycles. The highest BCUT2D eigenvalue weighted by molar-refractivity contribution is 5.59. The maximum atomic E-state index is 4.40. The molecule has 1 aromatic heterocycles. The molecular formula is C14H24N4. The highest BCUT2D eigenvalue weighted by Crippen LogP contribution is 2.15. The molecule has 1 aromatic rings. The minimum atomic E-state index is 0.854. The lowest BCUT2D eigenvalue weighted by Crippen LogP contribution is -2.43. The summed E-state index contributed by atoms with van der Waals surface area (Å²) < 4.78 is 0. The van der Waals surface area contributed by atoms with Crippen molar-refractivity contribution in [3.63, 3.8) is 0 Å². The second-order valence-electron chi connectivity index (χ2n) is 3.87. The Labute approximate surface area is 110 Å². The summed E-state index contributed by atoms with van der Waals surface area (Å²) in [6.45, 7) is 12.1. The Kier molecular flexibility index (Phi) is 6.22. The summed E-state index contributed by atoms with van der Waals surface area (Å²) in [6.07, 6.45) is 1.92. The summed E-state index contributed by atoms with van der Waals surface area (Å²) in [5, 5.41) is 6.34. The molecule has 0 radical (unpaired) electrons. The average Bonchev–Trinajstić information content (AvgIpc) is 2.49. The molecule has 0 atom stereocenters. The van der Waals surface area contributed by atoms with Crippen molar-refractivity contribution < 1.29 is 0 Å². The number of piperazine rings is 1. The van der Waals surface area contributed by atoms with E-state index in [9.17, 15) is 0 Å². The maximum Gasteiger partial charge on any atom is 0.0856 e. The number of anilines is 1. The Morgan fingerprint density at radius 2 is 2.00 bits per heavy atom. The van der Waals surface area contributed by atoms with Crippen LogP contribution in [0.15, 0.2) is 24.9 Å². The molecule has 2 N–H and O–H groups in total. The third kappa shape index (κ3) is 3.74. The average molecular weight is 248 g/mol. The van der Waals surface area contributed by atoms with Gasteiger partial charge in [0.1, 0.15) is 0 Å².